The zero-order valence-corrected chi connectivity index (χ0v) is 4.01. The van der Waals surface area contributed by atoms with Crippen molar-refractivity contribution in [3.8, 4) is 0 Å². The van der Waals surface area contributed by atoms with Gasteiger partial charge < -0.3 is 9.94 Å². The molecule has 1 aliphatic heterocycles. The summed E-state index contributed by atoms with van der Waals surface area (Å²) >= 11 is 0. The highest BCUT2D eigenvalue weighted by molar-refractivity contribution is 4.95. The lowest BCUT2D eigenvalue weighted by atomic mass is 10.5. The van der Waals surface area contributed by atoms with E-state index in [1.807, 2.05) is 0 Å². The molecule has 2 N–H and O–H groups in total. The Morgan fingerprint density at radius 2 is 2.71 bits per heavy atom. The number of hydrogen-bond donors (Lipinski definition) is 2. The summed E-state index contributed by atoms with van der Waals surface area (Å²) in [5, 5.41) is 8.59. The Kier molecular flexibility index (Phi) is 1.00. The monoisotopic (exact) mass is 101 g/mol. The highest BCUT2D eigenvalue weighted by Crippen LogP contribution is 2.01. The lowest BCUT2D eigenvalue weighted by Crippen LogP contribution is -2.18. The van der Waals surface area contributed by atoms with Crippen LogP contribution in [0.1, 0.15) is 6.92 Å². The third-order valence-electron chi connectivity index (χ3n) is 0.733. The predicted molar refractivity (Wildman–Crippen MR) is 24.0 cm³/mol. The average molecular weight is 101 g/mol. The van der Waals surface area contributed by atoms with Gasteiger partial charge in [0.25, 0.3) is 0 Å². The summed E-state index contributed by atoms with van der Waals surface area (Å²) in [4.78, 5) is 4.63. The average Bonchev–Trinajstić information content (AvgIpc) is 1.87. The van der Waals surface area contributed by atoms with E-state index in [1.165, 1.54) is 0 Å². The summed E-state index contributed by atoms with van der Waals surface area (Å²) in [6.07, 6.45) is 0.972. The maximum absolute atomic E-state index is 8.59. The van der Waals surface area contributed by atoms with Gasteiger partial charge in [0.1, 0.15) is 5.76 Å². The summed E-state index contributed by atoms with van der Waals surface area (Å²) in [5.74, 6) is 0.715. The van der Waals surface area contributed by atoms with Crippen LogP contribution in [0.2, 0.25) is 0 Å². The highest BCUT2D eigenvalue weighted by atomic mass is 16.7. The van der Waals surface area contributed by atoms with Crippen LogP contribution < -0.4 is 5.48 Å². The van der Waals surface area contributed by atoms with Gasteiger partial charge in [-0.2, -0.15) is 0 Å². The first-order valence-electron chi connectivity index (χ1n) is 2.08. The second kappa shape index (κ2) is 1.52. The Balaban J connectivity index is 2.50. The summed E-state index contributed by atoms with van der Waals surface area (Å²) in [7, 11) is 0. The summed E-state index contributed by atoms with van der Waals surface area (Å²) < 4.78 is 0. The second-order valence-electron chi connectivity index (χ2n) is 1.44. The van der Waals surface area contributed by atoms with Crippen LogP contribution in [0.5, 0.6) is 0 Å². The molecule has 40 valence electrons. The van der Waals surface area contributed by atoms with Crippen molar-refractivity contribution in [3.63, 3.8) is 0 Å². The lowest BCUT2D eigenvalue weighted by Gasteiger charge is -1.95. The first-order valence-corrected chi connectivity index (χ1v) is 2.08. The number of rotatable bonds is 0. The number of hydrogen-bond acceptors (Lipinski definition) is 3. The van der Waals surface area contributed by atoms with Gasteiger partial charge in [-0.25, -0.2) is 0 Å². The number of hydroxylamine groups is 1. The molecule has 0 spiro atoms. The quantitative estimate of drug-likeness (QED) is 0.442. The number of allylic oxidation sites excluding steroid dienone is 1. The molecule has 0 amide bonds. The Hall–Kier alpha value is -0.540. The van der Waals surface area contributed by atoms with Crippen molar-refractivity contribution in [2.75, 3.05) is 0 Å². The van der Waals surface area contributed by atoms with E-state index in [2.05, 4.69) is 10.3 Å². The molecule has 3 heteroatoms. The van der Waals surface area contributed by atoms with E-state index in [0.29, 0.717) is 5.76 Å². The molecule has 0 radical (unpaired) electrons. The molecular weight excluding hydrogens is 94.0 g/mol. The molecule has 1 unspecified atom stereocenters. The van der Waals surface area contributed by atoms with Crippen molar-refractivity contribution in [2.24, 2.45) is 0 Å². The number of aliphatic hydroxyl groups excluding tert-OH is 1. The van der Waals surface area contributed by atoms with E-state index >= 15 is 0 Å². The van der Waals surface area contributed by atoms with Crippen LogP contribution in [0, 0.1) is 0 Å². The predicted octanol–water partition coefficient (Wildman–Crippen LogP) is -0.257. The SMILES string of the molecule is CC1=CC(O)NO1. The van der Waals surface area contributed by atoms with Crippen LogP contribution in [0.4, 0.5) is 0 Å². The molecule has 0 aliphatic carbocycles. The zero-order valence-electron chi connectivity index (χ0n) is 4.01. The normalized spacial score (nSPS) is 29.4. The lowest BCUT2D eigenvalue weighted by molar-refractivity contribution is 0.0356. The molecule has 1 aliphatic rings. The number of nitrogens with one attached hydrogen (secondary N) is 1. The third kappa shape index (κ3) is 0.913. The van der Waals surface area contributed by atoms with Gasteiger partial charge in [0, 0.05) is 6.08 Å². The molecule has 0 aromatic heterocycles. The molecule has 1 heterocycles. The molecular formula is C4H7NO2. The Morgan fingerprint density at radius 3 is 2.86 bits per heavy atom. The minimum Gasteiger partial charge on any atom is -0.411 e. The molecule has 0 aromatic carbocycles. The largest absolute Gasteiger partial charge is 0.411 e. The van der Waals surface area contributed by atoms with Gasteiger partial charge in [-0.05, 0) is 6.92 Å². The Labute approximate surface area is 41.6 Å². The number of aliphatic hydroxyl groups is 1. The minimum absolute atomic E-state index is 0.611. The van der Waals surface area contributed by atoms with Crippen LogP contribution in [0.15, 0.2) is 11.8 Å². The summed E-state index contributed by atoms with van der Waals surface area (Å²) in [5.41, 5.74) is 2.33. The first-order chi connectivity index (χ1) is 3.29. The van der Waals surface area contributed by atoms with E-state index in [-0.39, 0.29) is 0 Å². The summed E-state index contributed by atoms with van der Waals surface area (Å²) in [6.45, 7) is 1.77. The topological polar surface area (TPSA) is 41.5 Å². The van der Waals surface area contributed by atoms with E-state index in [0.717, 1.165) is 0 Å². The second-order valence-corrected chi connectivity index (χ2v) is 1.44. The molecule has 0 bridgehead atoms. The van der Waals surface area contributed by atoms with Crippen LogP contribution in [-0.2, 0) is 4.84 Å². The maximum atomic E-state index is 8.59. The van der Waals surface area contributed by atoms with Crippen LogP contribution in [0.3, 0.4) is 0 Å². The van der Waals surface area contributed by atoms with Gasteiger partial charge in [0.2, 0.25) is 0 Å². The Morgan fingerprint density at radius 1 is 2.00 bits per heavy atom. The molecule has 0 aromatic rings. The van der Waals surface area contributed by atoms with Crippen LogP contribution in [-0.4, -0.2) is 11.3 Å². The first kappa shape index (κ1) is 4.61. The fraction of sp³-hybridized carbons (Fsp3) is 0.500. The maximum Gasteiger partial charge on any atom is 0.159 e. The van der Waals surface area contributed by atoms with Crippen molar-refractivity contribution in [1.29, 1.82) is 0 Å². The fourth-order valence-electron chi connectivity index (χ4n) is 0.444. The van der Waals surface area contributed by atoms with Gasteiger partial charge in [-0.15, -0.1) is 5.48 Å². The smallest absolute Gasteiger partial charge is 0.159 e. The summed E-state index contributed by atoms with van der Waals surface area (Å²) in [6, 6.07) is 0. The van der Waals surface area contributed by atoms with Crippen molar-refractivity contribution >= 4 is 0 Å². The third-order valence-corrected chi connectivity index (χ3v) is 0.733. The van der Waals surface area contributed by atoms with Gasteiger partial charge in [-0.3, -0.25) is 0 Å². The van der Waals surface area contributed by atoms with Crippen molar-refractivity contribution < 1.29 is 9.94 Å². The van der Waals surface area contributed by atoms with Gasteiger partial charge in [0.05, 0.1) is 0 Å². The molecule has 3 nitrogen and oxygen atoms in total. The van der Waals surface area contributed by atoms with Crippen LogP contribution >= 0.6 is 0 Å². The van der Waals surface area contributed by atoms with Crippen molar-refractivity contribution in [3.05, 3.63) is 11.8 Å². The van der Waals surface area contributed by atoms with E-state index < -0.39 is 6.23 Å². The van der Waals surface area contributed by atoms with Crippen molar-refractivity contribution in [1.82, 2.24) is 5.48 Å². The van der Waals surface area contributed by atoms with Gasteiger partial charge in [0.15, 0.2) is 6.23 Å². The van der Waals surface area contributed by atoms with Gasteiger partial charge >= 0.3 is 0 Å². The molecule has 1 rings (SSSR count). The minimum atomic E-state index is -0.611. The molecule has 0 saturated carbocycles. The van der Waals surface area contributed by atoms with Crippen molar-refractivity contribution in [2.45, 2.75) is 13.2 Å². The highest BCUT2D eigenvalue weighted by Gasteiger charge is 2.07. The molecule has 1 atom stereocenters. The van der Waals surface area contributed by atoms with Gasteiger partial charge in [-0.1, -0.05) is 0 Å². The standard InChI is InChI=1S/C4H7NO2/c1-3-2-4(6)5-7-3/h2,4-6H,1H3. The molecule has 7 heavy (non-hydrogen) atoms. The van der Waals surface area contributed by atoms with E-state index in [4.69, 9.17) is 5.11 Å². The van der Waals surface area contributed by atoms with E-state index in [1.54, 1.807) is 13.0 Å². The fourth-order valence-corrected chi connectivity index (χ4v) is 0.444. The van der Waals surface area contributed by atoms with E-state index in [9.17, 15) is 0 Å². The zero-order chi connectivity index (χ0) is 5.28. The Bertz CT molecular complexity index is 99.9. The molecule has 0 saturated heterocycles. The van der Waals surface area contributed by atoms with Crippen LogP contribution in [0.25, 0.3) is 0 Å². The molecule has 0 fully saturated rings.